The lowest BCUT2D eigenvalue weighted by molar-refractivity contribution is 0.0439. The molecule has 2 aromatic carbocycles. The Kier molecular flexibility index (Phi) is 6.68. The lowest BCUT2D eigenvalue weighted by Crippen LogP contribution is -2.29. The van der Waals surface area contributed by atoms with E-state index in [-0.39, 0.29) is 30.0 Å². The summed E-state index contributed by atoms with van der Waals surface area (Å²) in [5.41, 5.74) is 1.64. The van der Waals surface area contributed by atoms with Gasteiger partial charge in [0.15, 0.2) is 0 Å². The van der Waals surface area contributed by atoms with Gasteiger partial charge < -0.3 is 18.6 Å². The maximum absolute atomic E-state index is 12.9. The molecule has 0 N–H and O–H groups in total. The Hall–Kier alpha value is -4.40. The van der Waals surface area contributed by atoms with E-state index in [0.717, 1.165) is 4.90 Å². The van der Waals surface area contributed by atoms with E-state index in [1.54, 1.807) is 50.2 Å². The molecule has 1 aliphatic heterocycles. The number of hydrogen-bond donors (Lipinski definition) is 0. The summed E-state index contributed by atoms with van der Waals surface area (Å²) in [6.07, 6.45) is 0. The van der Waals surface area contributed by atoms with Gasteiger partial charge in [0.25, 0.3) is 11.8 Å². The molecule has 9 heteroatoms. The standard InChI is InChI=1S/C26H23NO8/c1-4-33-22-10-9-16(13-27-23(28)18-7-5-6-8-19(18)24(27)29)11-21(22)26(31)34-14-17-12-20(15(2)35-17)25(30)32-3/h5-12H,4,13-14H2,1-3H3. The summed E-state index contributed by atoms with van der Waals surface area (Å²) in [6, 6.07) is 12.9. The maximum Gasteiger partial charge on any atom is 0.342 e. The molecule has 1 aliphatic rings. The first-order valence-electron chi connectivity index (χ1n) is 10.9. The zero-order valence-corrected chi connectivity index (χ0v) is 19.5. The summed E-state index contributed by atoms with van der Waals surface area (Å²) in [5.74, 6) is -1.10. The fraction of sp³-hybridized carbons (Fsp3) is 0.231. The number of nitrogens with zero attached hydrogens (tertiary/aromatic N) is 1. The highest BCUT2D eigenvalue weighted by Crippen LogP contribution is 2.27. The number of benzene rings is 2. The second kappa shape index (κ2) is 9.84. The van der Waals surface area contributed by atoms with Crippen molar-refractivity contribution in [1.82, 2.24) is 4.90 Å². The third-order valence-electron chi connectivity index (χ3n) is 5.50. The van der Waals surface area contributed by atoms with Crippen LogP contribution in [-0.4, -0.2) is 42.4 Å². The Morgan fingerprint density at radius 3 is 2.26 bits per heavy atom. The number of fused-ring (bicyclic) bond motifs is 1. The number of amides is 2. The number of methoxy groups -OCH3 is 1. The van der Waals surface area contributed by atoms with Crippen molar-refractivity contribution in [3.05, 3.63) is 87.9 Å². The van der Waals surface area contributed by atoms with Crippen molar-refractivity contribution in [3.8, 4) is 5.75 Å². The van der Waals surface area contributed by atoms with Gasteiger partial charge in [-0.1, -0.05) is 18.2 Å². The Morgan fingerprint density at radius 1 is 0.943 bits per heavy atom. The van der Waals surface area contributed by atoms with Crippen molar-refractivity contribution in [3.63, 3.8) is 0 Å². The van der Waals surface area contributed by atoms with Crippen molar-refractivity contribution in [2.24, 2.45) is 0 Å². The number of rotatable bonds is 8. The number of ether oxygens (including phenoxy) is 3. The molecule has 3 aromatic rings. The van der Waals surface area contributed by atoms with Gasteiger partial charge in [0.05, 0.1) is 31.4 Å². The van der Waals surface area contributed by atoms with E-state index in [4.69, 9.17) is 18.6 Å². The van der Waals surface area contributed by atoms with Gasteiger partial charge in [-0.15, -0.1) is 0 Å². The Balaban J connectivity index is 1.52. The third-order valence-corrected chi connectivity index (χ3v) is 5.50. The molecule has 0 saturated carbocycles. The first-order valence-corrected chi connectivity index (χ1v) is 10.9. The second-order valence-electron chi connectivity index (χ2n) is 7.76. The molecule has 0 aliphatic carbocycles. The highest BCUT2D eigenvalue weighted by Gasteiger charge is 2.35. The Labute approximate surface area is 201 Å². The number of carbonyl (C=O) groups is 4. The summed E-state index contributed by atoms with van der Waals surface area (Å²) >= 11 is 0. The average Bonchev–Trinajstić information content (AvgIpc) is 3.35. The SMILES string of the molecule is CCOc1ccc(CN2C(=O)c3ccccc3C2=O)cc1C(=O)OCc1cc(C(=O)OC)c(C)o1. The number of hydrogen-bond acceptors (Lipinski definition) is 8. The molecule has 0 fully saturated rings. The van der Waals surface area contributed by atoms with Gasteiger partial charge in [0.2, 0.25) is 0 Å². The molecule has 4 rings (SSSR count). The second-order valence-corrected chi connectivity index (χ2v) is 7.76. The number of aryl methyl sites for hydroxylation is 1. The van der Waals surface area contributed by atoms with Crippen LogP contribution in [0.25, 0.3) is 0 Å². The molecule has 0 spiro atoms. The van der Waals surface area contributed by atoms with Crippen LogP contribution in [0.15, 0.2) is 52.9 Å². The zero-order chi connectivity index (χ0) is 25.1. The minimum Gasteiger partial charge on any atom is -0.493 e. The minimum absolute atomic E-state index is 0.0150. The quantitative estimate of drug-likeness (QED) is 0.354. The van der Waals surface area contributed by atoms with Crippen LogP contribution in [0, 0.1) is 6.92 Å². The predicted molar refractivity (Wildman–Crippen MR) is 122 cm³/mol. The highest BCUT2D eigenvalue weighted by atomic mass is 16.5. The molecular formula is C26H23NO8. The molecule has 0 saturated heterocycles. The molecule has 35 heavy (non-hydrogen) atoms. The summed E-state index contributed by atoms with van der Waals surface area (Å²) in [4.78, 5) is 51.2. The van der Waals surface area contributed by atoms with Crippen molar-refractivity contribution >= 4 is 23.8 Å². The lowest BCUT2D eigenvalue weighted by atomic mass is 10.1. The van der Waals surface area contributed by atoms with E-state index < -0.39 is 23.8 Å². The number of esters is 2. The number of furan rings is 1. The normalized spacial score (nSPS) is 12.5. The average molecular weight is 477 g/mol. The predicted octanol–water partition coefficient (Wildman–Crippen LogP) is 3.93. The first kappa shape index (κ1) is 23.7. The van der Waals surface area contributed by atoms with E-state index in [1.165, 1.54) is 19.2 Å². The van der Waals surface area contributed by atoms with Crippen molar-refractivity contribution in [1.29, 1.82) is 0 Å². The van der Waals surface area contributed by atoms with E-state index in [1.807, 2.05) is 0 Å². The summed E-state index contributed by atoms with van der Waals surface area (Å²) in [5, 5.41) is 0. The Morgan fingerprint density at radius 2 is 1.63 bits per heavy atom. The molecule has 0 radical (unpaired) electrons. The molecule has 2 heterocycles. The molecule has 1 aromatic heterocycles. The van der Waals surface area contributed by atoms with Crippen LogP contribution >= 0.6 is 0 Å². The highest BCUT2D eigenvalue weighted by molar-refractivity contribution is 6.21. The fourth-order valence-corrected chi connectivity index (χ4v) is 3.82. The monoisotopic (exact) mass is 477 g/mol. The molecule has 9 nitrogen and oxygen atoms in total. The molecule has 0 unspecified atom stereocenters. The fourth-order valence-electron chi connectivity index (χ4n) is 3.82. The van der Waals surface area contributed by atoms with E-state index in [2.05, 4.69) is 0 Å². The van der Waals surface area contributed by atoms with Gasteiger partial charge in [-0.05, 0) is 49.7 Å². The number of carbonyl (C=O) groups excluding carboxylic acids is 4. The van der Waals surface area contributed by atoms with Crippen LogP contribution in [-0.2, 0) is 22.6 Å². The van der Waals surface area contributed by atoms with Crippen molar-refractivity contribution < 1.29 is 37.8 Å². The molecule has 2 amide bonds. The number of imide groups is 1. The Bertz CT molecular complexity index is 1290. The largest absolute Gasteiger partial charge is 0.493 e. The van der Waals surface area contributed by atoms with Gasteiger partial charge >= 0.3 is 11.9 Å². The summed E-state index contributed by atoms with van der Waals surface area (Å²) in [7, 11) is 1.26. The zero-order valence-electron chi connectivity index (χ0n) is 19.5. The van der Waals surface area contributed by atoms with Crippen LogP contribution in [0.5, 0.6) is 5.75 Å². The van der Waals surface area contributed by atoms with Gasteiger partial charge in [0.1, 0.15) is 35.0 Å². The third kappa shape index (κ3) is 4.65. The summed E-state index contributed by atoms with van der Waals surface area (Å²) in [6.45, 7) is 3.47. The van der Waals surface area contributed by atoms with Gasteiger partial charge in [0, 0.05) is 0 Å². The molecular weight excluding hydrogens is 454 g/mol. The topological polar surface area (TPSA) is 112 Å². The lowest BCUT2D eigenvalue weighted by Gasteiger charge is -2.16. The summed E-state index contributed by atoms with van der Waals surface area (Å²) < 4.78 is 21.1. The van der Waals surface area contributed by atoms with E-state index in [0.29, 0.717) is 34.8 Å². The van der Waals surface area contributed by atoms with Crippen LogP contribution in [0.3, 0.4) is 0 Å². The van der Waals surface area contributed by atoms with E-state index >= 15 is 0 Å². The smallest absolute Gasteiger partial charge is 0.342 e. The molecule has 180 valence electrons. The van der Waals surface area contributed by atoms with Crippen LogP contribution in [0.4, 0.5) is 0 Å². The van der Waals surface area contributed by atoms with E-state index in [9.17, 15) is 19.2 Å². The van der Waals surface area contributed by atoms with Crippen molar-refractivity contribution in [2.45, 2.75) is 27.0 Å². The minimum atomic E-state index is -0.689. The first-order chi connectivity index (χ1) is 16.8. The van der Waals surface area contributed by atoms with Crippen LogP contribution < -0.4 is 4.74 Å². The molecule has 0 bridgehead atoms. The van der Waals surface area contributed by atoms with Crippen molar-refractivity contribution in [2.75, 3.05) is 13.7 Å². The maximum atomic E-state index is 12.9. The molecule has 0 atom stereocenters. The van der Waals surface area contributed by atoms with Gasteiger partial charge in [-0.2, -0.15) is 0 Å². The van der Waals surface area contributed by atoms with Gasteiger partial charge in [-0.3, -0.25) is 14.5 Å². The van der Waals surface area contributed by atoms with Crippen LogP contribution in [0.1, 0.15) is 65.4 Å². The van der Waals surface area contributed by atoms with Crippen LogP contribution in [0.2, 0.25) is 0 Å². The van der Waals surface area contributed by atoms with Gasteiger partial charge in [-0.25, -0.2) is 9.59 Å².